The molecule has 7 heteroatoms. The third-order valence-electron chi connectivity index (χ3n) is 6.84. The van der Waals surface area contributed by atoms with Crippen LogP contribution in [-0.4, -0.2) is 29.7 Å². The molecule has 2 aliphatic rings. The maximum absolute atomic E-state index is 13.0. The number of ether oxygens (including phenoxy) is 2. The van der Waals surface area contributed by atoms with Gasteiger partial charge in [0.1, 0.15) is 6.61 Å². The summed E-state index contributed by atoms with van der Waals surface area (Å²) in [7, 11) is 1.55. The van der Waals surface area contributed by atoms with Crippen molar-refractivity contribution in [3.63, 3.8) is 0 Å². The van der Waals surface area contributed by atoms with E-state index in [2.05, 4.69) is 18.2 Å². The van der Waals surface area contributed by atoms with Crippen molar-refractivity contribution in [2.75, 3.05) is 13.7 Å². The molecule has 1 aliphatic carbocycles. The molecule has 0 aromatic heterocycles. The smallest absolute Gasteiger partial charge is 0.293 e. The zero-order valence-electron chi connectivity index (χ0n) is 20.2. The van der Waals surface area contributed by atoms with Gasteiger partial charge in [0.05, 0.1) is 17.0 Å². The predicted molar refractivity (Wildman–Crippen MR) is 146 cm³/mol. The van der Waals surface area contributed by atoms with Crippen molar-refractivity contribution in [3.05, 3.63) is 75.7 Å². The van der Waals surface area contributed by atoms with Crippen LogP contribution >= 0.6 is 23.4 Å². The van der Waals surface area contributed by atoms with Crippen LogP contribution in [0.5, 0.6) is 11.5 Å². The largest absolute Gasteiger partial charge is 0.493 e. The molecule has 0 spiro atoms. The quantitative estimate of drug-likeness (QED) is 0.298. The molecule has 2 fully saturated rings. The van der Waals surface area contributed by atoms with Crippen LogP contribution in [0, 0.1) is 5.92 Å². The lowest BCUT2D eigenvalue weighted by molar-refractivity contribution is -0.123. The number of imide groups is 1. The van der Waals surface area contributed by atoms with E-state index in [1.54, 1.807) is 25.3 Å². The molecule has 0 N–H and O–H groups in total. The average Bonchev–Trinajstić information content (AvgIpc) is 3.15. The van der Waals surface area contributed by atoms with Crippen molar-refractivity contribution in [1.29, 1.82) is 0 Å². The Balaban J connectivity index is 1.34. The lowest BCUT2D eigenvalue weighted by Gasteiger charge is -2.25. The Kier molecular flexibility index (Phi) is 7.54. The van der Waals surface area contributed by atoms with Crippen molar-refractivity contribution in [1.82, 2.24) is 4.90 Å². The minimum Gasteiger partial charge on any atom is -0.493 e. The molecule has 186 valence electrons. The third kappa shape index (κ3) is 5.25. The molecule has 3 aromatic carbocycles. The van der Waals surface area contributed by atoms with Crippen molar-refractivity contribution in [3.8, 4) is 11.5 Å². The predicted octanol–water partition coefficient (Wildman–Crippen LogP) is 7.70. The van der Waals surface area contributed by atoms with Gasteiger partial charge in [-0.1, -0.05) is 73.3 Å². The van der Waals surface area contributed by atoms with E-state index in [0.29, 0.717) is 46.1 Å². The molecule has 1 saturated carbocycles. The highest BCUT2D eigenvalue weighted by Gasteiger charge is 2.36. The molecule has 0 radical (unpaired) electrons. The molecule has 0 unspecified atom stereocenters. The lowest BCUT2D eigenvalue weighted by Crippen LogP contribution is -2.34. The SMILES string of the molecule is COc1cc(/C=C2/SC(=O)N(CC3CCCCC3)C2=O)cc(Cl)c1OCc1cccc2ccccc12. The standard InChI is InChI=1S/C29H28ClNO4S/c1-34-25-15-20(16-26-28(32)31(29(33)36-26)17-19-8-3-2-4-9-19)14-24(30)27(25)35-18-22-12-7-11-21-10-5-6-13-23(21)22/h5-7,10-16,19H,2-4,8-9,17-18H2,1H3/b26-16+. The molecule has 1 saturated heterocycles. The van der Waals surface area contributed by atoms with Gasteiger partial charge in [-0.3, -0.25) is 14.5 Å². The molecule has 3 aromatic rings. The first-order valence-corrected chi connectivity index (χ1v) is 13.5. The zero-order chi connectivity index (χ0) is 25.1. The summed E-state index contributed by atoms with van der Waals surface area (Å²) in [6.45, 7) is 0.837. The van der Waals surface area contributed by atoms with Crippen LogP contribution in [0.3, 0.4) is 0 Å². The third-order valence-corrected chi connectivity index (χ3v) is 8.03. The molecule has 2 amide bonds. The fraction of sp³-hybridized carbons (Fsp3) is 0.310. The minimum absolute atomic E-state index is 0.204. The fourth-order valence-electron chi connectivity index (χ4n) is 4.97. The van der Waals surface area contributed by atoms with Gasteiger partial charge in [-0.2, -0.15) is 0 Å². The van der Waals surface area contributed by atoms with Gasteiger partial charge in [0.25, 0.3) is 11.1 Å². The maximum atomic E-state index is 13.0. The zero-order valence-corrected chi connectivity index (χ0v) is 21.7. The van der Waals surface area contributed by atoms with Gasteiger partial charge in [-0.05, 0) is 70.6 Å². The summed E-state index contributed by atoms with van der Waals surface area (Å²) in [5.41, 5.74) is 1.72. The Morgan fingerprint density at radius 1 is 1.06 bits per heavy atom. The summed E-state index contributed by atoms with van der Waals surface area (Å²) in [5, 5.41) is 2.44. The second-order valence-electron chi connectivity index (χ2n) is 9.26. The van der Waals surface area contributed by atoms with E-state index in [-0.39, 0.29) is 11.1 Å². The number of fused-ring (bicyclic) bond motifs is 1. The topological polar surface area (TPSA) is 55.8 Å². The molecule has 36 heavy (non-hydrogen) atoms. The summed E-state index contributed by atoms with van der Waals surface area (Å²) in [4.78, 5) is 27.4. The number of thioether (sulfide) groups is 1. The summed E-state index contributed by atoms with van der Waals surface area (Å²) >= 11 is 7.58. The van der Waals surface area contributed by atoms with Crippen molar-refractivity contribution >= 4 is 51.4 Å². The number of halogens is 1. The van der Waals surface area contributed by atoms with Crippen molar-refractivity contribution < 1.29 is 19.1 Å². The second-order valence-corrected chi connectivity index (χ2v) is 10.7. The van der Waals surface area contributed by atoms with E-state index in [9.17, 15) is 9.59 Å². The van der Waals surface area contributed by atoms with Crippen LogP contribution in [0.15, 0.2) is 59.5 Å². The second kappa shape index (κ2) is 11.0. The van der Waals surface area contributed by atoms with E-state index < -0.39 is 0 Å². The van der Waals surface area contributed by atoms with Gasteiger partial charge in [0, 0.05) is 6.54 Å². The van der Waals surface area contributed by atoms with E-state index in [0.717, 1.165) is 40.9 Å². The molecule has 0 bridgehead atoms. The highest BCUT2D eigenvalue weighted by atomic mass is 35.5. The van der Waals surface area contributed by atoms with Crippen LogP contribution < -0.4 is 9.47 Å². The first-order chi connectivity index (χ1) is 17.5. The van der Waals surface area contributed by atoms with Crippen LogP contribution in [-0.2, 0) is 11.4 Å². The number of carbonyl (C=O) groups excluding carboxylic acids is 2. The Hall–Kier alpha value is -2.96. The highest BCUT2D eigenvalue weighted by molar-refractivity contribution is 8.18. The number of hydrogen-bond acceptors (Lipinski definition) is 5. The van der Waals surface area contributed by atoms with Gasteiger partial charge in [-0.25, -0.2) is 0 Å². The molecular weight excluding hydrogens is 494 g/mol. The number of amides is 2. The Bertz CT molecular complexity index is 1330. The summed E-state index contributed by atoms with van der Waals surface area (Å²) in [6.07, 6.45) is 7.44. The number of carbonyl (C=O) groups is 2. The van der Waals surface area contributed by atoms with E-state index in [1.165, 1.54) is 24.2 Å². The van der Waals surface area contributed by atoms with Crippen LogP contribution in [0.4, 0.5) is 4.79 Å². The van der Waals surface area contributed by atoms with Gasteiger partial charge in [0.15, 0.2) is 11.5 Å². The highest BCUT2D eigenvalue weighted by Crippen LogP contribution is 2.40. The first kappa shape index (κ1) is 24.7. The maximum Gasteiger partial charge on any atom is 0.293 e. The average molecular weight is 522 g/mol. The van der Waals surface area contributed by atoms with Crippen molar-refractivity contribution in [2.24, 2.45) is 5.92 Å². The van der Waals surface area contributed by atoms with Gasteiger partial charge in [0.2, 0.25) is 0 Å². The number of hydrogen-bond donors (Lipinski definition) is 0. The Morgan fingerprint density at radius 2 is 1.83 bits per heavy atom. The molecule has 1 heterocycles. The van der Waals surface area contributed by atoms with E-state index in [1.807, 2.05) is 24.3 Å². The molecule has 0 atom stereocenters. The first-order valence-electron chi connectivity index (χ1n) is 12.3. The van der Waals surface area contributed by atoms with Crippen LogP contribution in [0.2, 0.25) is 5.02 Å². The molecular formula is C29H28ClNO4S. The lowest BCUT2D eigenvalue weighted by atomic mass is 9.89. The number of methoxy groups -OCH3 is 1. The molecule has 5 rings (SSSR count). The normalized spacial score (nSPS) is 17.8. The fourth-order valence-corrected chi connectivity index (χ4v) is 6.09. The number of benzene rings is 3. The van der Waals surface area contributed by atoms with E-state index >= 15 is 0 Å². The Morgan fingerprint density at radius 3 is 2.64 bits per heavy atom. The van der Waals surface area contributed by atoms with Crippen LogP contribution in [0.1, 0.15) is 43.2 Å². The molecule has 1 aliphatic heterocycles. The summed E-state index contributed by atoms with van der Waals surface area (Å²) in [5.74, 6) is 1.08. The minimum atomic E-state index is -0.234. The van der Waals surface area contributed by atoms with E-state index in [4.69, 9.17) is 21.1 Å². The summed E-state index contributed by atoms with van der Waals surface area (Å²) in [6, 6.07) is 17.8. The van der Waals surface area contributed by atoms with Crippen molar-refractivity contribution in [2.45, 2.75) is 38.7 Å². The Labute approximate surface area is 220 Å². The summed E-state index contributed by atoms with van der Waals surface area (Å²) < 4.78 is 11.7. The van der Waals surface area contributed by atoms with Gasteiger partial charge >= 0.3 is 0 Å². The van der Waals surface area contributed by atoms with Gasteiger partial charge in [-0.15, -0.1) is 0 Å². The number of rotatable bonds is 7. The molecule has 5 nitrogen and oxygen atoms in total. The van der Waals surface area contributed by atoms with Gasteiger partial charge < -0.3 is 9.47 Å². The van der Waals surface area contributed by atoms with Crippen LogP contribution in [0.25, 0.3) is 16.8 Å². The number of nitrogens with zero attached hydrogens (tertiary/aromatic N) is 1. The monoisotopic (exact) mass is 521 g/mol.